The van der Waals surface area contributed by atoms with Crippen LogP contribution < -0.4 is 5.32 Å². The molecule has 0 spiro atoms. The van der Waals surface area contributed by atoms with Gasteiger partial charge in [0, 0.05) is 6.07 Å². The van der Waals surface area contributed by atoms with Gasteiger partial charge in [-0.3, -0.25) is 4.79 Å². The highest BCUT2D eigenvalue weighted by Crippen LogP contribution is 2.06. The number of carboxylic acids is 1. The Balaban J connectivity index is 2.18. The van der Waals surface area contributed by atoms with Crippen LogP contribution in [0.2, 0.25) is 0 Å². The topological polar surface area (TPSA) is 102 Å². The van der Waals surface area contributed by atoms with Gasteiger partial charge in [0.15, 0.2) is 5.82 Å². The van der Waals surface area contributed by atoms with Crippen LogP contribution in [0.25, 0.3) is 0 Å². The maximum absolute atomic E-state index is 11.2. The number of amides is 1. The number of hydrogen-bond donors (Lipinski definition) is 2. The number of carbonyl (C=O) groups excluding carboxylic acids is 1. The first kappa shape index (κ1) is 12.2. The van der Waals surface area contributed by atoms with Crippen LogP contribution in [0.1, 0.15) is 12.2 Å². The summed E-state index contributed by atoms with van der Waals surface area (Å²) in [6.45, 7) is 1.35. The van der Waals surface area contributed by atoms with Gasteiger partial charge in [-0.15, -0.1) is 0 Å². The average molecular weight is 228 g/mol. The second-order valence-electron chi connectivity index (χ2n) is 3.07. The van der Waals surface area contributed by atoms with Gasteiger partial charge in [0.1, 0.15) is 12.4 Å². The summed E-state index contributed by atoms with van der Waals surface area (Å²) in [6, 6.07) is 1.58. The Morgan fingerprint density at radius 3 is 2.94 bits per heavy atom. The van der Waals surface area contributed by atoms with Gasteiger partial charge in [0.25, 0.3) is 0 Å². The number of nitrogens with one attached hydrogen (secondary N) is 1. The van der Waals surface area contributed by atoms with Gasteiger partial charge in [0.05, 0.1) is 13.0 Å². The minimum absolute atomic E-state index is 0.0506. The molecule has 1 aromatic heterocycles. The number of nitrogens with zero attached hydrogens (tertiary/aromatic N) is 1. The number of carbonyl (C=O) groups is 2. The predicted molar refractivity (Wildman–Crippen MR) is 52.9 cm³/mol. The standard InChI is InChI=1S/C9H12N2O5/c1-6-4-7(11-16-6)10-8(12)2-3-15-5-9(13)14/h4H,2-3,5H2,1H3,(H,13,14)(H,10,11,12). The normalized spacial score (nSPS) is 10.1. The number of ether oxygens (including phenoxy) is 1. The van der Waals surface area contributed by atoms with Gasteiger partial charge < -0.3 is 19.7 Å². The molecule has 0 aromatic carbocycles. The van der Waals surface area contributed by atoms with E-state index in [1.54, 1.807) is 13.0 Å². The Bertz CT molecular complexity index is 374. The first-order valence-corrected chi connectivity index (χ1v) is 4.60. The van der Waals surface area contributed by atoms with E-state index < -0.39 is 12.6 Å². The molecule has 0 saturated heterocycles. The molecule has 0 saturated carbocycles. The van der Waals surface area contributed by atoms with E-state index in [-0.39, 0.29) is 18.9 Å². The molecule has 1 amide bonds. The second kappa shape index (κ2) is 5.86. The van der Waals surface area contributed by atoms with Crippen molar-refractivity contribution in [1.82, 2.24) is 5.16 Å². The SMILES string of the molecule is Cc1cc(NC(=O)CCOCC(=O)O)no1. The van der Waals surface area contributed by atoms with Crippen LogP contribution >= 0.6 is 0 Å². The van der Waals surface area contributed by atoms with Crippen molar-refractivity contribution < 1.29 is 24.0 Å². The molecule has 1 heterocycles. The summed E-state index contributed by atoms with van der Waals surface area (Å²) in [5, 5.41) is 14.3. The van der Waals surface area contributed by atoms with Crippen molar-refractivity contribution in [3.05, 3.63) is 11.8 Å². The lowest BCUT2D eigenvalue weighted by molar-refractivity contribution is -0.142. The molecule has 0 radical (unpaired) electrons. The lowest BCUT2D eigenvalue weighted by Gasteiger charge is -2.01. The Morgan fingerprint density at radius 2 is 2.38 bits per heavy atom. The van der Waals surface area contributed by atoms with E-state index in [1.807, 2.05) is 0 Å². The lowest BCUT2D eigenvalue weighted by atomic mass is 10.4. The van der Waals surface area contributed by atoms with Crippen LogP contribution in [0.4, 0.5) is 5.82 Å². The van der Waals surface area contributed by atoms with Crippen molar-refractivity contribution in [3.8, 4) is 0 Å². The number of rotatable bonds is 6. The van der Waals surface area contributed by atoms with E-state index in [4.69, 9.17) is 14.4 Å². The molecule has 0 aliphatic heterocycles. The molecule has 7 heteroatoms. The number of anilines is 1. The Morgan fingerprint density at radius 1 is 1.62 bits per heavy atom. The molecule has 0 bridgehead atoms. The highest BCUT2D eigenvalue weighted by atomic mass is 16.5. The lowest BCUT2D eigenvalue weighted by Crippen LogP contribution is -2.16. The van der Waals surface area contributed by atoms with Crippen LogP contribution in [0.3, 0.4) is 0 Å². The molecular formula is C9H12N2O5. The van der Waals surface area contributed by atoms with Gasteiger partial charge in [-0.1, -0.05) is 5.16 Å². The van der Waals surface area contributed by atoms with Crippen molar-refractivity contribution in [1.29, 1.82) is 0 Å². The molecule has 1 rings (SSSR count). The first-order valence-electron chi connectivity index (χ1n) is 4.60. The molecule has 16 heavy (non-hydrogen) atoms. The zero-order valence-corrected chi connectivity index (χ0v) is 8.73. The van der Waals surface area contributed by atoms with Gasteiger partial charge in [-0.2, -0.15) is 0 Å². The number of aliphatic carboxylic acids is 1. The van der Waals surface area contributed by atoms with E-state index in [9.17, 15) is 9.59 Å². The van der Waals surface area contributed by atoms with Gasteiger partial charge in [-0.25, -0.2) is 4.79 Å². The summed E-state index contributed by atoms with van der Waals surface area (Å²) in [4.78, 5) is 21.3. The van der Waals surface area contributed by atoms with Gasteiger partial charge in [0.2, 0.25) is 5.91 Å². The highest BCUT2D eigenvalue weighted by Gasteiger charge is 2.06. The van der Waals surface area contributed by atoms with Crippen LogP contribution in [0.5, 0.6) is 0 Å². The molecule has 7 nitrogen and oxygen atoms in total. The van der Waals surface area contributed by atoms with E-state index in [0.717, 1.165) is 0 Å². The summed E-state index contributed by atoms with van der Waals surface area (Å²) in [6.07, 6.45) is 0.0686. The van der Waals surface area contributed by atoms with Gasteiger partial charge in [-0.05, 0) is 6.92 Å². The molecule has 88 valence electrons. The van der Waals surface area contributed by atoms with E-state index in [1.165, 1.54) is 0 Å². The molecule has 2 N–H and O–H groups in total. The summed E-state index contributed by atoms with van der Waals surface area (Å²) in [5.74, 6) is -0.440. The number of aromatic nitrogens is 1. The van der Waals surface area contributed by atoms with Crippen LogP contribution in [-0.2, 0) is 14.3 Å². The fraction of sp³-hybridized carbons (Fsp3) is 0.444. The molecule has 0 atom stereocenters. The smallest absolute Gasteiger partial charge is 0.329 e. The van der Waals surface area contributed by atoms with Crippen LogP contribution in [0.15, 0.2) is 10.6 Å². The maximum atomic E-state index is 11.2. The fourth-order valence-corrected chi connectivity index (χ4v) is 0.955. The Kier molecular flexibility index (Phi) is 4.46. The third-order valence-corrected chi connectivity index (χ3v) is 1.59. The van der Waals surface area contributed by atoms with E-state index in [0.29, 0.717) is 11.6 Å². The highest BCUT2D eigenvalue weighted by molar-refractivity contribution is 5.89. The summed E-state index contributed by atoms with van der Waals surface area (Å²) < 4.78 is 9.45. The van der Waals surface area contributed by atoms with Crippen LogP contribution in [-0.4, -0.2) is 35.4 Å². The van der Waals surface area contributed by atoms with Crippen molar-refractivity contribution >= 4 is 17.7 Å². The number of aryl methyl sites for hydroxylation is 1. The largest absolute Gasteiger partial charge is 0.480 e. The Hall–Kier alpha value is -1.89. The molecule has 0 aliphatic carbocycles. The molecule has 0 aliphatic rings. The second-order valence-corrected chi connectivity index (χ2v) is 3.07. The molecule has 0 unspecified atom stereocenters. The monoisotopic (exact) mass is 228 g/mol. The fourth-order valence-electron chi connectivity index (χ4n) is 0.955. The van der Waals surface area contributed by atoms with Gasteiger partial charge >= 0.3 is 5.97 Å². The Labute approximate surface area is 91.4 Å². The molecule has 1 aromatic rings. The minimum atomic E-state index is -1.06. The number of hydrogen-bond acceptors (Lipinski definition) is 5. The number of carboxylic acid groups (broad SMARTS) is 1. The average Bonchev–Trinajstić information content (AvgIpc) is 2.58. The molecular weight excluding hydrogens is 216 g/mol. The van der Waals surface area contributed by atoms with Crippen LogP contribution in [0, 0.1) is 6.92 Å². The van der Waals surface area contributed by atoms with E-state index in [2.05, 4.69) is 10.5 Å². The summed E-state index contributed by atoms with van der Waals surface area (Å²) in [7, 11) is 0. The van der Waals surface area contributed by atoms with Crippen molar-refractivity contribution in [3.63, 3.8) is 0 Å². The minimum Gasteiger partial charge on any atom is -0.480 e. The predicted octanol–water partition coefficient (Wildman–Crippen LogP) is 0.413. The van der Waals surface area contributed by atoms with E-state index >= 15 is 0 Å². The van der Waals surface area contributed by atoms with Crippen molar-refractivity contribution in [2.45, 2.75) is 13.3 Å². The zero-order chi connectivity index (χ0) is 12.0. The molecule has 0 fully saturated rings. The summed E-state index contributed by atoms with van der Waals surface area (Å²) in [5.41, 5.74) is 0. The maximum Gasteiger partial charge on any atom is 0.329 e. The van der Waals surface area contributed by atoms with Crippen molar-refractivity contribution in [2.75, 3.05) is 18.5 Å². The first-order chi connectivity index (χ1) is 7.58. The summed E-state index contributed by atoms with van der Waals surface area (Å²) >= 11 is 0. The quantitative estimate of drug-likeness (QED) is 0.684. The van der Waals surface area contributed by atoms with Crippen molar-refractivity contribution in [2.24, 2.45) is 0 Å². The third-order valence-electron chi connectivity index (χ3n) is 1.59. The zero-order valence-electron chi connectivity index (χ0n) is 8.73. The third kappa shape index (κ3) is 4.56.